The van der Waals surface area contributed by atoms with Crippen molar-refractivity contribution in [3.05, 3.63) is 0 Å². The zero-order valence-corrected chi connectivity index (χ0v) is 11.2. The van der Waals surface area contributed by atoms with Crippen LogP contribution in [-0.2, 0) is 9.47 Å². The van der Waals surface area contributed by atoms with Crippen LogP contribution in [0.2, 0.25) is 0 Å². The van der Waals surface area contributed by atoms with Gasteiger partial charge >= 0.3 is 0 Å². The molecule has 2 fully saturated rings. The van der Waals surface area contributed by atoms with Crippen molar-refractivity contribution in [3.8, 4) is 0 Å². The summed E-state index contributed by atoms with van der Waals surface area (Å²) in [5.74, 6) is 0.701. The zero-order valence-electron chi connectivity index (χ0n) is 11.2. The van der Waals surface area contributed by atoms with E-state index in [0.717, 1.165) is 19.4 Å². The molecule has 2 N–H and O–H groups in total. The molecule has 17 heavy (non-hydrogen) atoms. The van der Waals surface area contributed by atoms with Gasteiger partial charge in [0.25, 0.3) is 0 Å². The van der Waals surface area contributed by atoms with E-state index in [0.29, 0.717) is 12.0 Å². The average Bonchev–Trinajstić information content (AvgIpc) is 2.31. The highest BCUT2D eigenvalue weighted by Gasteiger charge is 2.42. The van der Waals surface area contributed by atoms with Gasteiger partial charge in [-0.3, -0.25) is 0 Å². The van der Waals surface area contributed by atoms with Gasteiger partial charge in [-0.2, -0.15) is 0 Å². The van der Waals surface area contributed by atoms with Crippen LogP contribution in [0.25, 0.3) is 0 Å². The van der Waals surface area contributed by atoms with Gasteiger partial charge in [-0.25, -0.2) is 0 Å². The van der Waals surface area contributed by atoms with Crippen LogP contribution in [0.1, 0.15) is 52.4 Å². The van der Waals surface area contributed by atoms with Crippen LogP contribution < -0.4 is 5.73 Å². The molecule has 0 aromatic carbocycles. The third kappa shape index (κ3) is 3.21. The Kier molecular flexibility index (Phi) is 4.83. The molecule has 0 radical (unpaired) electrons. The second kappa shape index (κ2) is 6.17. The molecular formula is C14H27NO2. The van der Waals surface area contributed by atoms with Gasteiger partial charge in [-0.15, -0.1) is 0 Å². The Morgan fingerprint density at radius 1 is 1.18 bits per heavy atom. The molecule has 0 spiro atoms. The Morgan fingerprint density at radius 2 is 1.94 bits per heavy atom. The van der Waals surface area contributed by atoms with Crippen LogP contribution in [0.4, 0.5) is 0 Å². The second-order valence-electron chi connectivity index (χ2n) is 5.71. The van der Waals surface area contributed by atoms with E-state index >= 15 is 0 Å². The largest absolute Gasteiger partial charge is 0.374 e. The minimum absolute atomic E-state index is 0.143. The molecule has 100 valence electrons. The van der Waals surface area contributed by atoms with Crippen LogP contribution in [-0.4, -0.2) is 31.0 Å². The summed E-state index contributed by atoms with van der Waals surface area (Å²) in [5.41, 5.74) is 5.99. The lowest BCUT2D eigenvalue weighted by molar-refractivity contribution is -0.175. The Labute approximate surface area is 105 Å². The van der Waals surface area contributed by atoms with E-state index in [2.05, 4.69) is 13.8 Å². The molecule has 3 nitrogen and oxygen atoms in total. The van der Waals surface area contributed by atoms with E-state index in [9.17, 15) is 0 Å². The monoisotopic (exact) mass is 241 g/mol. The predicted octanol–water partition coefficient (Wildman–Crippen LogP) is 2.48. The van der Waals surface area contributed by atoms with Gasteiger partial charge in [0.05, 0.1) is 18.3 Å². The van der Waals surface area contributed by atoms with Gasteiger partial charge in [0, 0.05) is 12.6 Å². The lowest BCUT2D eigenvalue weighted by Crippen LogP contribution is -2.59. The quantitative estimate of drug-likeness (QED) is 0.804. The first-order valence-electron chi connectivity index (χ1n) is 7.25. The predicted molar refractivity (Wildman–Crippen MR) is 68.9 cm³/mol. The van der Waals surface area contributed by atoms with Crippen molar-refractivity contribution in [2.45, 2.75) is 76.7 Å². The number of hydrogen-bond acceptors (Lipinski definition) is 3. The summed E-state index contributed by atoms with van der Waals surface area (Å²) in [7, 11) is 0. The summed E-state index contributed by atoms with van der Waals surface area (Å²) < 4.78 is 12.0. The van der Waals surface area contributed by atoms with Gasteiger partial charge in [-0.1, -0.05) is 26.7 Å². The van der Waals surface area contributed by atoms with Crippen molar-refractivity contribution in [2.75, 3.05) is 6.61 Å². The fraction of sp³-hybridized carbons (Fsp3) is 1.00. The van der Waals surface area contributed by atoms with E-state index < -0.39 is 0 Å². The first-order valence-corrected chi connectivity index (χ1v) is 7.25. The van der Waals surface area contributed by atoms with Gasteiger partial charge < -0.3 is 15.2 Å². The third-order valence-corrected chi connectivity index (χ3v) is 4.19. The summed E-state index contributed by atoms with van der Waals surface area (Å²) in [6.45, 7) is 5.24. The summed E-state index contributed by atoms with van der Waals surface area (Å²) >= 11 is 0. The molecule has 0 aromatic heterocycles. The van der Waals surface area contributed by atoms with Crippen molar-refractivity contribution in [3.63, 3.8) is 0 Å². The number of hydrogen-bond donors (Lipinski definition) is 1. The van der Waals surface area contributed by atoms with Crippen molar-refractivity contribution in [1.29, 1.82) is 0 Å². The number of nitrogens with two attached hydrogens (primary N) is 1. The minimum atomic E-state index is 0.143. The maximum Gasteiger partial charge on any atom is 0.0988 e. The molecular weight excluding hydrogens is 214 g/mol. The van der Waals surface area contributed by atoms with E-state index in [-0.39, 0.29) is 18.2 Å². The van der Waals surface area contributed by atoms with E-state index in [1.165, 1.54) is 25.7 Å². The highest BCUT2D eigenvalue weighted by molar-refractivity contribution is 4.96. The van der Waals surface area contributed by atoms with Crippen molar-refractivity contribution in [2.24, 2.45) is 11.7 Å². The topological polar surface area (TPSA) is 44.5 Å². The summed E-state index contributed by atoms with van der Waals surface area (Å²) in [6.07, 6.45) is 8.06. The molecule has 0 heterocycles. The van der Waals surface area contributed by atoms with Crippen molar-refractivity contribution < 1.29 is 9.47 Å². The average molecular weight is 241 g/mol. The highest BCUT2D eigenvalue weighted by atomic mass is 16.6. The van der Waals surface area contributed by atoms with Crippen LogP contribution >= 0.6 is 0 Å². The molecule has 5 atom stereocenters. The van der Waals surface area contributed by atoms with Crippen LogP contribution in [0.3, 0.4) is 0 Å². The van der Waals surface area contributed by atoms with Gasteiger partial charge in [0.1, 0.15) is 0 Å². The zero-order chi connectivity index (χ0) is 12.3. The summed E-state index contributed by atoms with van der Waals surface area (Å²) in [4.78, 5) is 0. The first-order chi connectivity index (χ1) is 8.22. The third-order valence-electron chi connectivity index (χ3n) is 4.19. The lowest BCUT2D eigenvalue weighted by atomic mass is 9.83. The molecule has 2 aliphatic rings. The maximum absolute atomic E-state index is 6.21. The molecule has 0 aliphatic heterocycles. The van der Waals surface area contributed by atoms with Gasteiger partial charge in [-0.05, 0) is 31.6 Å². The van der Waals surface area contributed by atoms with Crippen molar-refractivity contribution >= 4 is 0 Å². The Bertz CT molecular complexity index is 234. The van der Waals surface area contributed by atoms with E-state index in [4.69, 9.17) is 15.2 Å². The molecule has 2 saturated carbocycles. The fourth-order valence-corrected chi connectivity index (χ4v) is 2.94. The standard InChI is InChI=1S/C14H27NO2/c1-3-8-16-14-11(15)9-13(14)17-12-7-5-4-6-10(12)2/h10-14H,3-9,15H2,1-2H3. The van der Waals surface area contributed by atoms with E-state index in [1.54, 1.807) is 0 Å². The molecule has 5 unspecified atom stereocenters. The van der Waals surface area contributed by atoms with Crippen LogP contribution in [0.5, 0.6) is 0 Å². The Balaban J connectivity index is 1.77. The SMILES string of the molecule is CCCOC1C(N)CC1OC1CCCCC1C. The molecule has 0 bridgehead atoms. The minimum Gasteiger partial charge on any atom is -0.374 e. The molecule has 2 aliphatic carbocycles. The van der Waals surface area contributed by atoms with Gasteiger partial charge in [0.15, 0.2) is 0 Å². The Morgan fingerprint density at radius 3 is 2.59 bits per heavy atom. The normalized spacial score (nSPS) is 42.2. The molecule has 2 rings (SSSR count). The molecule has 0 amide bonds. The van der Waals surface area contributed by atoms with Gasteiger partial charge in [0.2, 0.25) is 0 Å². The van der Waals surface area contributed by atoms with Crippen LogP contribution in [0.15, 0.2) is 0 Å². The van der Waals surface area contributed by atoms with Crippen molar-refractivity contribution in [1.82, 2.24) is 0 Å². The number of rotatable bonds is 5. The first kappa shape index (κ1) is 13.3. The Hall–Kier alpha value is -0.120. The smallest absolute Gasteiger partial charge is 0.0988 e. The highest BCUT2D eigenvalue weighted by Crippen LogP contribution is 2.33. The molecule has 0 saturated heterocycles. The fourth-order valence-electron chi connectivity index (χ4n) is 2.94. The maximum atomic E-state index is 6.21. The summed E-state index contributed by atoms with van der Waals surface area (Å²) in [5, 5.41) is 0. The van der Waals surface area contributed by atoms with E-state index in [1.807, 2.05) is 0 Å². The van der Waals surface area contributed by atoms with Crippen LogP contribution in [0, 0.1) is 5.92 Å². The molecule has 3 heteroatoms. The summed E-state index contributed by atoms with van der Waals surface area (Å²) in [6, 6.07) is 0.186. The number of ether oxygens (including phenoxy) is 2. The molecule has 0 aromatic rings. The second-order valence-corrected chi connectivity index (χ2v) is 5.71. The lowest BCUT2D eigenvalue weighted by Gasteiger charge is -2.45.